The molecule has 0 radical (unpaired) electrons. The van der Waals surface area contributed by atoms with Gasteiger partial charge in [0, 0.05) is 11.8 Å². The van der Waals surface area contributed by atoms with E-state index in [0.29, 0.717) is 23.8 Å². The maximum Gasteiger partial charge on any atom is 0.389 e. The number of nitrogens with two attached hydrogens (primary N) is 1. The van der Waals surface area contributed by atoms with Crippen LogP contribution in [0.15, 0.2) is 18.2 Å². The molecular formula is C10H11NO4. The van der Waals surface area contributed by atoms with E-state index in [1.54, 1.807) is 25.1 Å². The molecule has 5 nitrogen and oxygen atoms in total. The molecular weight excluding hydrogens is 198 g/mol. The Morgan fingerprint density at radius 2 is 2.20 bits per heavy atom. The van der Waals surface area contributed by atoms with E-state index in [0.717, 1.165) is 0 Å². The predicted octanol–water partition coefficient (Wildman–Crippen LogP) is 0.929. The Hall–Kier alpha value is -1.91. The molecule has 80 valence electrons. The summed E-state index contributed by atoms with van der Waals surface area (Å²) in [6, 6.07) is 4.94. The van der Waals surface area contributed by atoms with Crippen molar-refractivity contribution in [2.24, 2.45) is 0 Å². The van der Waals surface area contributed by atoms with Crippen LogP contribution < -0.4 is 15.2 Å². The summed E-state index contributed by atoms with van der Waals surface area (Å²) in [6.07, 6.45) is -1.01. The van der Waals surface area contributed by atoms with Gasteiger partial charge in [0.15, 0.2) is 11.5 Å². The SMILES string of the molecule is CCOC(=O)C1Oc2ccc(N)cc2O1. The molecule has 0 amide bonds. The Bertz CT molecular complexity index is 391. The molecule has 5 heteroatoms. The number of nitrogen functional groups attached to an aromatic ring is 1. The lowest BCUT2D eigenvalue weighted by molar-refractivity contribution is -0.161. The van der Waals surface area contributed by atoms with Crippen LogP contribution in [-0.4, -0.2) is 18.9 Å². The van der Waals surface area contributed by atoms with Crippen molar-refractivity contribution in [1.29, 1.82) is 0 Å². The van der Waals surface area contributed by atoms with Crippen LogP contribution in [0.5, 0.6) is 11.5 Å². The maximum atomic E-state index is 11.3. The van der Waals surface area contributed by atoms with Crippen molar-refractivity contribution in [3.8, 4) is 11.5 Å². The number of benzene rings is 1. The second-order valence-corrected chi connectivity index (χ2v) is 3.03. The van der Waals surface area contributed by atoms with Crippen LogP contribution in [-0.2, 0) is 9.53 Å². The molecule has 0 aliphatic carbocycles. The summed E-state index contributed by atoms with van der Waals surface area (Å²) < 4.78 is 15.2. The number of hydrogen-bond donors (Lipinski definition) is 1. The smallest absolute Gasteiger partial charge is 0.389 e. The first-order valence-electron chi connectivity index (χ1n) is 4.60. The molecule has 0 aromatic heterocycles. The van der Waals surface area contributed by atoms with E-state index < -0.39 is 12.3 Å². The highest BCUT2D eigenvalue weighted by atomic mass is 16.7. The summed E-state index contributed by atoms with van der Waals surface area (Å²) in [4.78, 5) is 11.3. The second-order valence-electron chi connectivity index (χ2n) is 3.03. The lowest BCUT2D eigenvalue weighted by Crippen LogP contribution is -2.30. The third kappa shape index (κ3) is 1.81. The fraction of sp³-hybridized carbons (Fsp3) is 0.300. The van der Waals surface area contributed by atoms with Crippen molar-refractivity contribution in [1.82, 2.24) is 0 Å². The molecule has 0 spiro atoms. The third-order valence-corrected chi connectivity index (χ3v) is 1.91. The first-order valence-corrected chi connectivity index (χ1v) is 4.60. The van der Waals surface area contributed by atoms with E-state index in [-0.39, 0.29) is 0 Å². The van der Waals surface area contributed by atoms with Gasteiger partial charge in [0.25, 0.3) is 0 Å². The van der Waals surface area contributed by atoms with Crippen LogP contribution in [0.2, 0.25) is 0 Å². The zero-order valence-corrected chi connectivity index (χ0v) is 8.23. The van der Waals surface area contributed by atoms with Crippen molar-refractivity contribution in [2.45, 2.75) is 13.2 Å². The largest absolute Gasteiger partial charge is 0.460 e. The average Bonchev–Trinajstić information content (AvgIpc) is 2.60. The van der Waals surface area contributed by atoms with Gasteiger partial charge in [-0.15, -0.1) is 0 Å². The predicted molar refractivity (Wildman–Crippen MR) is 52.5 cm³/mol. The first-order chi connectivity index (χ1) is 7.20. The molecule has 0 saturated heterocycles. The summed E-state index contributed by atoms with van der Waals surface area (Å²) in [5.74, 6) is 0.433. The summed E-state index contributed by atoms with van der Waals surface area (Å²) >= 11 is 0. The quantitative estimate of drug-likeness (QED) is 0.579. The van der Waals surface area contributed by atoms with Crippen LogP contribution in [0, 0.1) is 0 Å². The minimum absolute atomic E-state index is 0.292. The molecule has 2 N–H and O–H groups in total. The van der Waals surface area contributed by atoms with E-state index >= 15 is 0 Å². The van der Waals surface area contributed by atoms with Crippen molar-refractivity contribution in [3.63, 3.8) is 0 Å². The molecule has 0 saturated carbocycles. The van der Waals surface area contributed by atoms with E-state index in [9.17, 15) is 4.79 Å². The van der Waals surface area contributed by atoms with Crippen molar-refractivity contribution in [2.75, 3.05) is 12.3 Å². The van der Waals surface area contributed by atoms with Gasteiger partial charge in [-0.05, 0) is 19.1 Å². The highest BCUT2D eigenvalue weighted by molar-refractivity contribution is 5.75. The molecule has 1 aromatic rings. The van der Waals surface area contributed by atoms with Crippen molar-refractivity contribution >= 4 is 11.7 Å². The lowest BCUT2D eigenvalue weighted by Gasteiger charge is -2.07. The van der Waals surface area contributed by atoms with E-state index in [1.807, 2.05) is 0 Å². The summed E-state index contributed by atoms with van der Waals surface area (Å²) in [5.41, 5.74) is 6.12. The summed E-state index contributed by atoms with van der Waals surface area (Å²) in [7, 11) is 0. The van der Waals surface area contributed by atoms with Crippen LogP contribution in [0.25, 0.3) is 0 Å². The van der Waals surface area contributed by atoms with E-state index in [1.165, 1.54) is 0 Å². The molecule has 1 aromatic carbocycles. The number of esters is 1. The van der Waals surface area contributed by atoms with Gasteiger partial charge in [0.05, 0.1) is 6.61 Å². The number of hydrogen-bond acceptors (Lipinski definition) is 5. The minimum atomic E-state index is -1.01. The standard InChI is InChI=1S/C10H11NO4/c1-2-13-9(12)10-14-7-4-3-6(11)5-8(7)15-10/h3-5,10H,2,11H2,1H3. The molecule has 1 atom stereocenters. The normalized spacial score (nSPS) is 17.5. The Balaban J connectivity index is 2.12. The Kier molecular flexibility index (Phi) is 2.37. The van der Waals surface area contributed by atoms with Gasteiger partial charge in [-0.2, -0.15) is 0 Å². The Morgan fingerprint density at radius 3 is 2.93 bits per heavy atom. The molecule has 1 heterocycles. The molecule has 1 unspecified atom stereocenters. The van der Waals surface area contributed by atoms with Crippen LogP contribution in [0.4, 0.5) is 5.69 Å². The summed E-state index contributed by atoms with van der Waals surface area (Å²) in [6.45, 7) is 2.01. The second kappa shape index (κ2) is 3.68. The van der Waals surface area contributed by atoms with Gasteiger partial charge in [0.2, 0.25) is 0 Å². The molecule has 0 bridgehead atoms. The fourth-order valence-corrected chi connectivity index (χ4v) is 1.28. The zero-order chi connectivity index (χ0) is 10.8. The van der Waals surface area contributed by atoms with Crippen LogP contribution >= 0.6 is 0 Å². The van der Waals surface area contributed by atoms with Gasteiger partial charge in [-0.3, -0.25) is 0 Å². The Labute approximate surface area is 86.7 Å². The van der Waals surface area contributed by atoms with Crippen molar-refractivity contribution in [3.05, 3.63) is 18.2 Å². The first kappa shape index (κ1) is 9.64. The van der Waals surface area contributed by atoms with Gasteiger partial charge in [-0.1, -0.05) is 0 Å². The number of rotatable bonds is 2. The highest BCUT2D eigenvalue weighted by Gasteiger charge is 2.31. The number of anilines is 1. The average molecular weight is 209 g/mol. The topological polar surface area (TPSA) is 70.8 Å². The number of fused-ring (bicyclic) bond motifs is 1. The van der Waals surface area contributed by atoms with Crippen LogP contribution in [0.1, 0.15) is 6.92 Å². The highest BCUT2D eigenvalue weighted by Crippen LogP contribution is 2.36. The molecule has 0 fully saturated rings. The number of carbonyl (C=O) groups is 1. The minimum Gasteiger partial charge on any atom is -0.460 e. The lowest BCUT2D eigenvalue weighted by atomic mass is 10.3. The zero-order valence-electron chi connectivity index (χ0n) is 8.23. The third-order valence-electron chi connectivity index (χ3n) is 1.91. The number of ether oxygens (including phenoxy) is 3. The van der Waals surface area contributed by atoms with Gasteiger partial charge < -0.3 is 19.9 Å². The molecule has 15 heavy (non-hydrogen) atoms. The van der Waals surface area contributed by atoms with Gasteiger partial charge >= 0.3 is 12.3 Å². The van der Waals surface area contributed by atoms with Crippen LogP contribution in [0.3, 0.4) is 0 Å². The molecule has 1 aliphatic rings. The Morgan fingerprint density at radius 1 is 1.47 bits per heavy atom. The maximum absolute atomic E-state index is 11.3. The van der Waals surface area contributed by atoms with Gasteiger partial charge in [-0.25, -0.2) is 4.79 Å². The monoisotopic (exact) mass is 209 g/mol. The summed E-state index contributed by atoms with van der Waals surface area (Å²) in [5, 5.41) is 0. The molecule has 2 rings (SSSR count). The van der Waals surface area contributed by atoms with Gasteiger partial charge in [0.1, 0.15) is 0 Å². The fourth-order valence-electron chi connectivity index (χ4n) is 1.28. The number of carbonyl (C=O) groups excluding carboxylic acids is 1. The van der Waals surface area contributed by atoms with E-state index in [2.05, 4.69) is 0 Å². The molecule has 1 aliphatic heterocycles. The van der Waals surface area contributed by atoms with E-state index in [4.69, 9.17) is 19.9 Å². The van der Waals surface area contributed by atoms with Crippen molar-refractivity contribution < 1.29 is 19.0 Å².